The number of piperidine rings is 1. The minimum atomic E-state index is -0.705. The summed E-state index contributed by atoms with van der Waals surface area (Å²) in [4.78, 5) is 30.0. The van der Waals surface area contributed by atoms with Gasteiger partial charge in [-0.25, -0.2) is 14.2 Å². The molecule has 1 unspecified atom stereocenters. The van der Waals surface area contributed by atoms with E-state index >= 15 is 0 Å². The third-order valence-electron chi connectivity index (χ3n) is 5.74. The van der Waals surface area contributed by atoms with E-state index < -0.39 is 12.0 Å². The van der Waals surface area contributed by atoms with Crippen LogP contribution in [-0.4, -0.2) is 41.0 Å². The first-order valence-electron chi connectivity index (χ1n) is 10.1. The molecule has 1 aliphatic carbocycles. The Hall–Kier alpha value is -3.03. The molecule has 0 bridgehead atoms. The average molecular weight is 415 g/mol. The molecule has 2 heterocycles. The molecule has 4 rings (SSSR count). The van der Waals surface area contributed by atoms with Crippen molar-refractivity contribution in [2.45, 2.75) is 31.7 Å². The van der Waals surface area contributed by atoms with Gasteiger partial charge in [0, 0.05) is 37.0 Å². The highest BCUT2D eigenvalue weighted by molar-refractivity contribution is 5.94. The molecule has 158 valence electrons. The van der Waals surface area contributed by atoms with E-state index in [1.807, 2.05) is 0 Å². The smallest absolute Gasteiger partial charge is 0.410 e. The zero-order chi connectivity index (χ0) is 21.1. The van der Waals surface area contributed by atoms with Gasteiger partial charge >= 0.3 is 6.09 Å². The maximum atomic E-state index is 13.2. The zero-order valence-electron chi connectivity index (χ0n) is 16.4. The number of hydrogen-bond acceptors (Lipinski definition) is 4. The van der Waals surface area contributed by atoms with Crippen LogP contribution in [0.1, 0.15) is 36.0 Å². The first-order valence-corrected chi connectivity index (χ1v) is 10.1. The Morgan fingerprint density at radius 3 is 2.33 bits per heavy atom. The number of carbonyl (C=O) groups is 2. The van der Waals surface area contributed by atoms with Crippen LogP contribution in [0.3, 0.4) is 0 Å². The van der Waals surface area contributed by atoms with Gasteiger partial charge in [0.1, 0.15) is 11.6 Å². The average Bonchev–Trinajstić information content (AvgIpc) is 3.58. The summed E-state index contributed by atoms with van der Waals surface area (Å²) in [5.74, 6) is -0.463. The fraction of sp³-hybridized carbons (Fsp3) is 0.409. The summed E-state index contributed by atoms with van der Waals surface area (Å²) in [6.45, 7) is 1.01. The molecule has 1 saturated carbocycles. The van der Waals surface area contributed by atoms with Crippen LogP contribution in [-0.2, 0) is 0 Å². The number of pyridine rings is 1. The SMILES string of the molecule is O=C(NC(C1CC1)C1CCN(C(=O)Oc2ccnc(F)c2)CC1)c1ccc(F)cc1. The van der Waals surface area contributed by atoms with Crippen molar-refractivity contribution in [3.8, 4) is 5.75 Å². The van der Waals surface area contributed by atoms with E-state index in [-0.39, 0.29) is 29.4 Å². The third kappa shape index (κ3) is 4.93. The molecular formula is C22H23F2N3O3. The molecule has 1 aromatic carbocycles. The van der Waals surface area contributed by atoms with Crippen LogP contribution < -0.4 is 10.1 Å². The van der Waals surface area contributed by atoms with Gasteiger partial charge in [-0.15, -0.1) is 0 Å². The van der Waals surface area contributed by atoms with Gasteiger partial charge in [0.25, 0.3) is 5.91 Å². The van der Waals surface area contributed by atoms with E-state index in [2.05, 4.69) is 10.3 Å². The molecule has 2 amide bonds. The van der Waals surface area contributed by atoms with E-state index in [9.17, 15) is 18.4 Å². The topological polar surface area (TPSA) is 71.5 Å². The predicted molar refractivity (Wildman–Crippen MR) is 105 cm³/mol. The summed E-state index contributed by atoms with van der Waals surface area (Å²) in [6, 6.07) is 8.06. The van der Waals surface area contributed by atoms with Crippen molar-refractivity contribution in [3.05, 3.63) is 59.9 Å². The lowest BCUT2D eigenvalue weighted by Gasteiger charge is -2.36. The second-order valence-electron chi connectivity index (χ2n) is 7.85. The summed E-state index contributed by atoms with van der Waals surface area (Å²) in [5.41, 5.74) is 0.438. The van der Waals surface area contributed by atoms with Crippen LogP contribution in [0.4, 0.5) is 13.6 Å². The molecule has 1 aliphatic heterocycles. The minimum absolute atomic E-state index is 0.0371. The lowest BCUT2D eigenvalue weighted by atomic mass is 9.86. The Morgan fingerprint density at radius 1 is 1.03 bits per heavy atom. The molecule has 0 spiro atoms. The van der Waals surface area contributed by atoms with Crippen molar-refractivity contribution in [1.82, 2.24) is 15.2 Å². The fourth-order valence-electron chi connectivity index (χ4n) is 3.97. The molecule has 2 aromatic rings. The van der Waals surface area contributed by atoms with Crippen molar-refractivity contribution in [3.63, 3.8) is 0 Å². The lowest BCUT2D eigenvalue weighted by Crippen LogP contribution is -2.48. The molecule has 2 aliphatic rings. The van der Waals surface area contributed by atoms with Gasteiger partial charge in [0.2, 0.25) is 5.95 Å². The van der Waals surface area contributed by atoms with E-state index in [1.165, 1.54) is 36.5 Å². The van der Waals surface area contributed by atoms with E-state index in [0.717, 1.165) is 31.7 Å². The van der Waals surface area contributed by atoms with Gasteiger partial charge in [-0.05, 0) is 67.9 Å². The summed E-state index contributed by atoms with van der Waals surface area (Å²) in [6.07, 6.45) is 4.36. The van der Waals surface area contributed by atoms with Gasteiger partial charge < -0.3 is 15.0 Å². The first kappa shape index (κ1) is 20.3. The quantitative estimate of drug-likeness (QED) is 0.755. The van der Waals surface area contributed by atoms with Crippen LogP contribution >= 0.6 is 0 Å². The number of amides is 2. The number of nitrogens with one attached hydrogen (secondary N) is 1. The molecular weight excluding hydrogens is 392 g/mol. The summed E-state index contributed by atoms with van der Waals surface area (Å²) in [7, 11) is 0. The van der Waals surface area contributed by atoms with Gasteiger partial charge in [0.05, 0.1) is 0 Å². The van der Waals surface area contributed by atoms with E-state index in [1.54, 1.807) is 4.90 Å². The second-order valence-corrected chi connectivity index (χ2v) is 7.85. The number of nitrogens with zero attached hydrogens (tertiary/aromatic N) is 2. The predicted octanol–water partition coefficient (Wildman–Crippen LogP) is 3.78. The van der Waals surface area contributed by atoms with Crippen molar-refractivity contribution in [2.24, 2.45) is 11.8 Å². The number of aromatic nitrogens is 1. The fourth-order valence-corrected chi connectivity index (χ4v) is 3.97. The van der Waals surface area contributed by atoms with Gasteiger partial charge in [-0.2, -0.15) is 4.39 Å². The number of ether oxygens (including phenoxy) is 1. The van der Waals surface area contributed by atoms with Gasteiger partial charge in [-0.1, -0.05) is 0 Å². The van der Waals surface area contributed by atoms with Crippen LogP contribution in [0.15, 0.2) is 42.6 Å². The molecule has 0 radical (unpaired) electrons. The Labute approximate surface area is 173 Å². The summed E-state index contributed by atoms with van der Waals surface area (Å²) in [5, 5.41) is 3.13. The van der Waals surface area contributed by atoms with Crippen molar-refractivity contribution < 1.29 is 23.1 Å². The highest BCUT2D eigenvalue weighted by Crippen LogP contribution is 2.39. The summed E-state index contributed by atoms with van der Waals surface area (Å²) >= 11 is 0. The highest BCUT2D eigenvalue weighted by Gasteiger charge is 2.39. The maximum Gasteiger partial charge on any atom is 0.415 e. The Bertz CT molecular complexity index is 910. The Balaban J connectivity index is 1.32. The van der Waals surface area contributed by atoms with Crippen molar-refractivity contribution in [1.29, 1.82) is 0 Å². The Kier molecular flexibility index (Phi) is 5.92. The molecule has 8 heteroatoms. The number of carbonyl (C=O) groups excluding carboxylic acids is 2. The summed E-state index contributed by atoms with van der Waals surface area (Å²) < 4.78 is 31.5. The van der Waals surface area contributed by atoms with Gasteiger partial charge in [0.15, 0.2) is 0 Å². The van der Waals surface area contributed by atoms with Crippen LogP contribution in [0.5, 0.6) is 5.75 Å². The van der Waals surface area contributed by atoms with Crippen LogP contribution in [0.2, 0.25) is 0 Å². The molecule has 6 nitrogen and oxygen atoms in total. The first-order chi connectivity index (χ1) is 14.5. The van der Waals surface area contributed by atoms with Crippen LogP contribution in [0, 0.1) is 23.6 Å². The molecule has 1 atom stereocenters. The number of hydrogen-bond donors (Lipinski definition) is 1. The second kappa shape index (κ2) is 8.77. The standard InChI is InChI=1S/C22H23F2N3O3/c23-17-5-3-16(4-6-17)21(28)26-20(14-1-2-14)15-8-11-27(12-9-15)22(29)30-18-7-10-25-19(24)13-18/h3-7,10,13-15,20H,1-2,8-9,11-12H2,(H,26,28). The maximum absolute atomic E-state index is 13.2. The van der Waals surface area contributed by atoms with Crippen molar-refractivity contribution in [2.75, 3.05) is 13.1 Å². The number of rotatable bonds is 5. The number of benzene rings is 1. The molecule has 1 N–H and O–H groups in total. The van der Waals surface area contributed by atoms with Crippen molar-refractivity contribution >= 4 is 12.0 Å². The van der Waals surface area contributed by atoms with E-state index in [0.29, 0.717) is 24.6 Å². The molecule has 1 saturated heterocycles. The monoisotopic (exact) mass is 415 g/mol. The third-order valence-corrected chi connectivity index (χ3v) is 5.74. The molecule has 30 heavy (non-hydrogen) atoms. The number of likely N-dealkylation sites (tertiary alicyclic amines) is 1. The zero-order valence-corrected chi connectivity index (χ0v) is 16.4. The normalized spacial score (nSPS) is 18.0. The Morgan fingerprint density at radius 2 is 1.70 bits per heavy atom. The molecule has 2 fully saturated rings. The largest absolute Gasteiger partial charge is 0.415 e. The van der Waals surface area contributed by atoms with Crippen LogP contribution in [0.25, 0.3) is 0 Å². The lowest BCUT2D eigenvalue weighted by molar-refractivity contribution is 0.0870. The highest BCUT2D eigenvalue weighted by atomic mass is 19.1. The molecule has 1 aromatic heterocycles. The minimum Gasteiger partial charge on any atom is -0.410 e. The van der Waals surface area contributed by atoms with E-state index in [4.69, 9.17) is 4.74 Å². The van der Waals surface area contributed by atoms with Gasteiger partial charge in [-0.3, -0.25) is 4.79 Å². The number of halogens is 2.